The summed E-state index contributed by atoms with van der Waals surface area (Å²) in [5.74, 6) is -1.61. The summed E-state index contributed by atoms with van der Waals surface area (Å²) in [7, 11) is 0. The van der Waals surface area contributed by atoms with E-state index in [0.29, 0.717) is 11.1 Å². The summed E-state index contributed by atoms with van der Waals surface area (Å²) in [6.45, 7) is 1.47. The Bertz CT molecular complexity index is 702. The lowest BCUT2D eigenvalue weighted by Gasteiger charge is -2.20. The lowest BCUT2D eigenvalue weighted by atomic mass is 10.1. The molecule has 0 atom stereocenters. The number of aromatic nitrogens is 2. The molecule has 2 heterocycles. The molecule has 8 heteroatoms. The Morgan fingerprint density at radius 2 is 1.67 bits per heavy atom. The van der Waals surface area contributed by atoms with Gasteiger partial charge >= 0.3 is 12.1 Å². The first kappa shape index (κ1) is 16.5. The normalized spacial score (nSPS) is 16.0. The van der Waals surface area contributed by atoms with E-state index >= 15 is 0 Å². The van der Waals surface area contributed by atoms with Crippen LogP contribution in [0, 0.1) is 0 Å². The molecule has 0 spiro atoms. The molecule has 128 valence electrons. The fourth-order valence-electron chi connectivity index (χ4n) is 2.67. The average molecular weight is 339 g/mol. The van der Waals surface area contributed by atoms with Crippen LogP contribution in [0.1, 0.15) is 41.9 Å². The highest BCUT2D eigenvalue weighted by Gasteiger charge is 2.38. The van der Waals surface area contributed by atoms with Crippen LogP contribution in [-0.4, -0.2) is 34.0 Å². The Labute approximate surface area is 136 Å². The first-order valence-electron chi connectivity index (χ1n) is 7.76. The summed E-state index contributed by atoms with van der Waals surface area (Å²) in [5, 5.41) is 3.33. The highest BCUT2D eigenvalue weighted by atomic mass is 19.4. The zero-order chi connectivity index (χ0) is 17.2. The van der Waals surface area contributed by atoms with Crippen LogP contribution in [0.3, 0.4) is 0 Å². The van der Waals surface area contributed by atoms with Gasteiger partial charge < -0.3 is 9.42 Å². The van der Waals surface area contributed by atoms with Gasteiger partial charge in [-0.1, -0.05) is 30.1 Å². The summed E-state index contributed by atoms with van der Waals surface area (Å²) in [6.07, 6.45) is -0.433. The number of nitrogens with zero attached hydrogens (tertiary/aromatic N) is 3. The van der Waals surface area contributed by atoms with Crippen LogP contribution in [-0.2, 0) is 6.18 Å². The molecule has 0 bridgehead atoms. The van der Waals surface area contributed by atoms with Crippen molar-refractivity contribution in [1.82, 2.24) is 15.0 Å². The van der Waals surface area contributed by atoms with E-state index in [1.165, 1.54) is 12.1 Å². The maximum atomic E-state index is 12.5. The van der Waals surface area contributed by atoms with Gasteiger partial charge in [-0.25, -0.2) is 0 Å². The summed E-state index contributed by atoms with van der Waals surface area (Å²) in [5.41, 5.74) is 0.863. The summed E-state index contributed by atoms with van der Waals surface area (Å²) in [4.78, 5) is 17.6. The molecule has 1 aromatic heterocycles. The minimum absolute atomic E-state index is 0.0625. The number of benzene rings is 1. The number of halogens is 3. The lowest BCUT2D eigenvalue weighted by Crippen LogP contribution is -2.31. The number of alkyl halides is 3. The van der Waals surface area contributed by atoms with Gasteiger partial charge in [0.2, 0.25) is 5.82 Å². The minimum atomic E-state index is -4.67. The van der Waals surface area contributed by atoms with Gasteiger partial charge in [0, 0.05) is 24.2 Å². The molecule has 0 radical (unpaired) electrons. The van der Waals surface area contributed by atoms with Crippen molar-refractivity contribution in [3.63, 3.8) is 0 Å². The van der Waals surface area contributed by atoms with Crippen LogP contribution in [0.15, 0.2) is 28.8 Å². The van der Waals surface area contributed by atoms with E-state index < -0.39 is 12.1 Å². The Morgan fingerprint density at radius 3 is 2.21 bits per heavy atom. The van der Waals surface area contributed by atoms with E-state index in [9.17, 15) is 18.0 Å². The number of carbonyl (C=O) groups is 1. The van der Waals surface area contributed by atoms with E-state index in [1.54, 1.807) is 12.1 Å². The van der Waals surface area contributed by atoms with E-state index in [-0.39, 0.29) is 11.7 Å². The summed E-state index contributed by atoms with van der Waals surface area (Å²) in [6, 6.07) is 6.20. The third-order valence-electron chi connectivity index (χ3n) is 3.95. The third kappa shape index (κ3) is 3.58. The SMILES string of the molecule is O=C(c1ccc(-c2noc(C(F)(F)F)n2)cc1)N1CCCCCC1. The molecule has 24 heavy (non-hydrogen) atoms. The van der Waals surface area contributed by atoms with Crippen molar-refractivity contribution in [2.45, 2.75) is 31.9 Å². The number of likely N-dealkylation sites (tertiary alicyclic amines) is 1. The van der Waals surface area contributed by atoms with Crippen molar-refractivity contribution in [3.05, 3.63) is 35.7 Å². The quantitative estimate of drug-likeness (QED) is 0.836. The smallest absolute Gasteiger partial charge is 0.339 e. The highest BCUT2D eigenvalue weighted by molar-refractivity contribution is 5.94. The first-order chi connectivity index (χ1) is 11.4. The van der Waals surface area contributed by atoms with Crippen molar-refractivity contribution in [1.29, 1.82) is 0 Å². The predicted octanol–water partition coefficient (Wildman–Crippen LogP) is 3.77. The topological polar surface area (TPSA) is 59.2 Å². The fourth-order valence-corrected chi connectivity index (χ4v) is 2.67. The summed E-state index contributed by atoms with van der Waals surface area (Å²) >= 11 is 0. The molecule has 1 aliphatic heterocycles. The van der Waals surface area contributed by atoms with Crippen LogP contribution in [0.4, 0.5) is 13.2 Å². The molecule has 3 rings (SSSR count). The maximum absolute atomic E-state index is 12.5. The number of hydrogen-bond acceptors (Lipinski definition) is 4. The van der Waals surface area contributed by atoms with Crippen molar-refractivity contribution in [3.8, 4) is 11.4 Å². The van der Waals surface area contributed by atoms with E-state index in [2.05, 4.69) is 14.7 Å². The Morgan fingerprint density at radius 1 is 1.04 bits per heavy atom. The predicted molar refractivity (Wildman–Crippen MR) is 79.1 cm³/mol. The van der Waals surface area contributed by atoms with Crippen LogP contribution in [0.2, 0.25) is 0 Å². The highest BCUT2D eigenvalue weighted by Crippen LogP contribution is 2.29. The standard InChI is InChI=1S/C16H16F3N3O2/c17-16(18,19)15-20-13(21-24-15)11-5-7-12(8-6-11)14(23)22-9-3-1-2-4-10-22/h5-8H,1-4,9-10H2. The third-order valence-corrected chi connectivity index (χ3v) is 3.95. The second kappa shape index (κ2) is 6.62. The second-order valence-corrected chi connectivity index (χ2v) is 5.70. The molecule has 5 nitrogen and oxygen atoms in total. The van der Waals surface area contributed by atoms with Gasteiger partial charge in [-0.2, -0.15) is 18.2 Å². The van der Waals surface area contributed by atoms with Gasteiger partial charge in [0.25, 0.3) is 5.91 Å². The van der Waals surface area contributed by atoms with E-state index in [1.807, 2.05) is 4.90 Å². The van der Waals surface area contributed by atoms with E-state index in [0.717, 1.165) is 38.8 Å². The first-order valence-corrected chi connectivity index (χ1v) is 7.76. The maximum Gasteiger partial charge on any atom is 0.471 e. The Hall–Kier alpha value is -2.38. The van der Waals surface area contributed by atoms with E-state index in [4.69, 9.17) is 0 Å². The molecule has 1 aliphatic rings. The van der Waals surface area contributed by atoms with Gasteiger partial charge in [-0.15, -0.1) is 0 Å². The number of amides is 1. The fraction of sp³-hybridized carbons (Fsp3) is 0.438. The van der Waals surface area contributed by atoms with Crippen LogP contribution in [0.5, 0.6) is 0 Å². The lowest BCUT2D eigenvalue weighted by molar-refractivity contribution is -0.159. The summed E-state index contributed by atoms with van der Waals surface area (Å²) < 4.78 is 41.6. The molecule has 0 unspecified atom stereocenters. The van der Waals surface area contributed by atoms with Crippen LogP contribution < -0.4 is 0 Å². The van der Waals surface area contributed by atoms with Gasteiger partial charge in [0.15, 0.2) is 0 Å². The number of hydrogen-bond donors (Lipinski definition) is 0. The Kier molecular flexibility index (Phi) is 4.55. The molecule has 2 aromatic rings. The second-order valence-electron chi connectivity index (χ2n) is 5.70. The molecule has 0 aliphatic carbocycles. The van der Waals surface area contributed by atoms with Gasteiger partial charge in [0.05, 0.1) is 0 Å². The average Bonchev–Trinajstić information content (AvgIpc) is 2.91. The zero-order valence-electron chi connectivity index (χ0n) is 12.8. The van der Waals surface area contributed by atoms with Gasteiger partial charge in [0.1, 0.15) is 0 Å². The number of rotatable bonds is 2. The van der Waals surface area contributed by atoms with Gasteiger partial charge in [-0.3, -0.25) is 4.79 Å². The molecule has 0 N–H and O–H groups in total. The van der Waals surface area contributed by atoms with Crippen molar-refractivity contribution >= 4 is 5.91 Å². The molecule has 1 aromatic carbocycles. The van der Waals surface area contributed by atoms with Crippen LogP contribution in [0.25, 0.3) is 11.4 Å². The van der Waals surface area contributed by atoms with Crippen molar-refractivity contribution in [2.75, 3.05) is 13.1 Å². The number of carbonyl (C=O) groups excluding carboxylic acids is 1. The monoisotopic (exact) mass is 339 g/mol. The molecule has 1 amide bonds. The molecular formula is C16H16F3N3O2. The van der Waals surface area contributed by atoms with Gasteiger partial charge in [-0.05, 0) is 25.0 Å². The molecule has 1 saturated heterocycles. The largest absolute Gasteiger partial charge is 0.471 e. The van der Waals surface area contributed by atoms with Crippen molar-refractivity contribution in [2.24, 2.45) is 0 Å². The zero-order valence-corrected chi connectivity index (χ0v) is 12.8. The van der Waals surface area contributed by atoms with Crippen molar-refractivity contribution < 1.29 is 22.5 Å². The minimum Gasteiger partial charge on any atom is -0.339 e. The molecular weight excluding hydrogens is 323 g/mol. The molecule has 1 fully saturated rings. The molecule has 0 saturated carbocycles. The van der Waals surface area contributed by atoms with Crippen LogP contribution >= 0.6 is 0 Å². The Balaban J connectivity index is 1.75.